The van der Waals surface area contributed by atoms with E-state index in [0.29, 0.717) is 0 Å². The number of rotatable bonds is 2. The Balaban J connectivity index is 2.45. The van der Waals surface area contributed by atoms with Crippen molar-refractivity contribution in [3.05, 3.63) is 68.8 Å². The lowest BCUT2D eigenvalue weighted by Crippen LogP contribution is -2.23. The third-order valence-corrected chi connectivity index (χ3v) is 4.37. The SMILES string of the molecule is O=C1c2ccccc2C(=O)c2c1ccc(S(=O)(=O)O)c2[N+](=O)[O-]. The monoisotopic (exact) mass is 333 g/mol. The van der Waals surface area contributed by atoms with Crippen LogP contribution >= 0.6 is 0 Å². The number of ketones is 2. The van der Waals surface area contributed by atoms with E-state index in [0.717, 1.165) is 12.1 Å². The molecule has 0 spiro atoms. The third-order valence-electron chi connectivity index (χ3n) is 3.49. The van der Waals surface area contributed by atoms with Gasteiger partial charge in [0.2, 0.25) is 5.78 Å². The molecule has 0 bridgehead atoms. The van der Waals surface area contributed by atoms with Gasteiger partial charge in [0.05, 0.1) is 4.92 Å². The first kappa shape index (κ1) is 15.0. The fourth-order valence-corrected chi connectivity index (χ4v) is 3.20. The summed E-state index contributed by atoms with van der Waals surface area (Å²) in [5, 5.41) is 11.3. The molecule has 0 saturated carbocycles. The Labute approximate surface area is 129 Å². The fourth-order valence-electron chi connectivity index (χ4n) is 2.54. The standard InChI is InChI=1S/C14H7NO7S/c16-13-7-3-1-2-4-8(7)14(17)11-9(13)5-6-10(23(20,21)22)12(11)15(18)19/h1-6H,(H,20,21,22). The van der Waals surface area contributed by atoms with Crippen molar-refractivity contribution < 1.29 is 27.5 Å². The van der Waals surface area contributed by atoms with Crippen LogP contribution in [0.2, 0.25) is 0 Å². The van der Waals surface area contributed by atoms with Crippen LogP contribution in [0.4, 0.5) is 5.69 Å². The minimum absolute atomic E-state index is 0.0550. The molecule has 23 heavy (non-hydrogen) atoms. The molecule has 3 rings (SSSR count). The first-order valence-electron chi connectivity index (χ1n) is 6.21. The summed E-state index contributed by atoms with van der Waals surface area (Å²) in [5.74, 6) is -1.47. The average Bonchev–Trinajstić information content (AvgIpc) is 2.50. The van der Waals surface area contributed by atoms with Crippen molar-refractivity contribution in [2.75, 3.05) is 0 Å². The second-order valence-electron chi connectivity index (χ2n) is 4.77. The molecule has 9 heteroatoms. The Bertz CT molecular complexity index is 1010. The fraction of sp³-hybridized carbons (Fsp3) is 0. The number of carbonyl (C=O) groups excluding carboxylic acids is 2. The molecule has 116 valence electrons. The first-order valence-corrected chi connectivity index (χ1v) is 7.65. The predicted octanol–water partition coefficient (Wildman–Crippen LogP) is 1.62. The van der Waals surface area contributed by atoms with Gasteiger partial charge in [-0.2, -0.15) is 8.42 Å². The maximum atomic E-state index is 12.5. The van der Waals surface area contributed by atoms with Crippen LogP contribution in [0.1, 0.15) is 31.8 Å². The number of fused-ring (bicyclic) bond motifs is 2. The van der Waals surface area contributed by atoms with Crippen LogP contribution in [0.3, 0.4) is 0 Å². The minimum Gasteiger partial charge on any atom is -0.289 e. The number of carbonyl (C=O) groups is 2. The highest BCUT2D eigenvalue weighted by Gasteiger charge is 2.39. The van der Waals surface area contributed by atoms with E-state index in [-0.39, 0.29) is 16.7 Å². The summed E-state index contributed by atoms with van der Waals surface area (Å²) in [7, 11) is -4.94. The van der Waals surface area contributed by atoms with E-state index in [1.807, 2.05) is 0 Å². The van der Waals surface area contributed by atoms with Crippen molar-refractivity contribution in [2.24, 2.45) is 0 Å². The van der Waals surface area contributed by atoms with Gasteiger partial charge in [0.15, 0.2) is 10.7 Å². The van der Waals surface area contributed by atoms with Crippen LogP contribution in [0.25, 0.3) is 0 Å². The summed E-state index contributed by atoms with van der Waals surface area (Å²) in [5.41, 5.74) is -1.97. The molecular formula is C14H7NO7S. The lowest BCUT2D eigenvalue weighted by molar-refractivity contribution is -0.388. The van der Waals surface area contributed by atoms with Gasteiger partial charge in [0, 0.05) is 16.7 Å². The van der Waals surface area contributed by atoms with Crippen LogP contribution in [0.15, 0.2) is 41.3 Å². The zero-order valence-electron chi connectivity index (χ0n) is 11.2. The van der Waals surface area contributed by atoms with Crippen molar-refractivity contribution >= 4 is 27.4 Å². The molecule has 2 aromatic rings. The Kier molecular flexibility index (Phi) is 3.13. The lowest BCUT2D eigenvalue weighted by atomic mass is 9.83. The van der Waals surface area contributed by atoms with E-state index in [4.69, 9.17) is 4.55 Å². The number of hydrogen-bond donors (Lipinski definition) is 1. The van der Waals surface area contributed by atoms with Crippen molar-refractivity contribution in [1.29, 1.82) is 0 Å². The highest BCUT2D eigenvalue weighted by atomic mass is 32.2. The molecule has 0 radical (unpaired) electrons. The molecular weight excluding hydrogens is 326 g/mol. The van der Waals surface area contributed by atoms with Crippen molar-refractivity contribution in [3.63, 3.8) is 0 Å². The first-order chi connectivity index (χ1) is 10.7. The summed E-state index contributed by atoms with van der Waals surface area (Å²) >= 11 is 0. The average molecular weight is 333 g/mol. The molecule has 0 heterocycles. The lowest BCUT2D eigenvalue weighted by Gasteiger charge is -2.17. The van der Waals surface area contributed by atoms with Gasteiger partial charge in [-0.15, -0.1) is 0 Å². The predicted molar refractivity (Wildman–Crippen MR) is 76.2 cm³/mol. The Morgan fingerprint density at radius 2 is 1.48 bits per heavy atom. The Morgan fingerprint density at radius 3 is 2.00 bits per heavy atom. The van der Waals surface area contributed by atoms with Crippen LogP contribution in [-0.4, -0.2) is 29.5 Å². The molecule has 0 atom stereocenters. The van der Waals surface area contributed by atoms with Gasteiger partial charge in [0.1, 0.15) is 5.56 Å². The number of benzene rings is 2. The molecule has 2 aromatic carbocycles. The van der Waals surface area contributed by atoms with Crippen molar-refractivity contribution in [1.82, 2.24) is 0 Å². The van der Waals surface area contributed by atoms with Gasteiger partial charge in [-0.05, 0) is 12.1 Å². The molecule has 0 aromatic heterocycles. The van der Waals surface area contributed by atoms with Crippen LogP contribution < -0.4 is 0 Å². The summed E-state index contributed by atoms with van der Waals surface area (Å²) < 4.78 is 31.8. The van der Waals surface area contributed by atoms with Gasteiger partial charge < -0.3 is 0 Å². The molecule has 1 aliphatic rings. The number of hydrogen-bond acceptors (Lipinski definition) is 6. The number of nitro benzene ring substituents is 1. The largest absolute Gasteiger partial charge is 0.302 e. The minimum atomic E-state index is -4.94. The molecule has 8 nitrogen and oxygen atoms in total. The molecule has 0 fully saturated rings. The van der Waals surface area contributed by atoms with E-state index in [1.165, 1.54) is 24.3 Å². The number of nitrogens with zero attached hydrogens (tertiary/aromatic N) is 1. The van der Waals surface area contributed by atoms with Gasteiger partial charge in [-0.1, -0.05) is 24.3 Å². The maximum absolute atomic E-state index is 12.5. The topological polar surface area (TPSA) is 132 Å². The third kappa shape index (κ3) is 2.14. The molecule has 1 N–H and O–H groups in total. The van der Waals surface area contributed by atoms with E-state index in [2.05, 4.69) is 0 Å². The molecule has 0 saturated heterocycles. The van der Waals surface area contributed by atoms with E-state index < -0.39 is 42.8 Å². The molecule has 1 aliphatic carbocycles. The van der Waals surface area contributed by atoms with Gasteiger partial charge >= 0.3 is 15.8 Å². The van der Waals surface area contributed by atoms with E-state index in [9.17, 15) is 28.1 Å². The smallest absolute Gasteiger partial charge is 0.289 e. The second-order valence-corrected chi connectivity index (χ2v) is 6.16. The van der Waals surface area contributed by atoms with Gasteiger partial charge in [0.25, 0.3) is 0 Å². The van der Waals surface area contributed by atoms with Crippen LogP contribution in [0.5, 0.6) is 0 Å². The summed E-state index contributed by atoms with van der Waals surface area (Å²) in [4.78, 5) is 34.1. The quantitative estimate of drug-likeness (QED) is 0.428. The molecule has 0 aliphatic heterocycles. The van der Waals surface area contributed by atoms with E-state index in [1.54, 1.807) is 0 Å². The summed E-state index contributed by atoms with van der Waals surface area (Å²) in [6.07, 6.45) is 0. The zero-order chi connectivity index (χ0) is 16.9. The summed E-state index contributed by atoms with van der Waals surface area (Å²) in [6, 6.07) is 7.47. The van der Waals surface area contributed by atoms with Crippen LogP contribution in [-0.2, 0) is 10.1 Å². The normalized spacial score (nSPS) is 13.4. The molecule has 0 amide bonds. The Morgan fingerprint density at radius 1 is 0.913 bits per heavy atom. The zero-order valence-corrected chi connectivity index (χ0v) is 12.0. The van der Waals surface area contributed by atoms with Crippen LogP contribution in [0, 0.1) is 10.1 Å². The van der Waals surface area contributed by atoms with Crippen molar-refractivity contribution in [2.45, 2.75) is 4.90 Å². The number of nitro groups is 1. The summed E-state index contributed by atoms with van der Waals surface area (Å²) in [6.45, 7) is 0. The maximum Gasteiger partial charge on any atom is 0.302 e. The molecule has 0 unspecified atom stereocenters. The van der Waals surface area contributed by atoms with Gasteiger partial charge in [-0.25, -0.2) is 0 Å². The highest BCUT2D eigenvalue weighted by molar-refractivity contribution is 7.86. The van der Waals surface area contributed by atoms with Crippen molar-refractivity contribution in [3.8, 4) is 0 Å². The van der Waals surface area contributed by atoms with E-state index >= 15 is 0 Å². The Hall–Kier alpha value is -2.91. The van der Waals surface area contributed by atoms with Gasteiger partial charge in [-0.3, -0.25) is 24.3 Å². The second kappa shape index (κ2) is 4.80. The highest BCUT2D eigenvalue weighted by Crippen LogP contribution is 2.37.